The first-order valence-corrected chi connectivity index (χ1v) is 18.1. The van der Waals surface area contributed by atoms with E-state index in [1.54, 1.807) is 0 Å². The van der Waals surface area contributed by atoms with E-state index in [9.17, 15) is 0 Å². The third-order valence-electron chi connectivity index (χ3n) is 10.5. The van der Waals surface area contributed by atoms with Crippen LogP contribution in [0.25, 0.3) is 94.8 Å². The van der Waals surface area contributed by atoms with Gasteiger partial charge in [0, 0.05) is 44.7 Å². The Morgan fingerprint density at radius 2 is 1.07 bits per heavy atom. The van der Waals surface area contributed by atoms with Crippen LogP contribution in [-0.4, -0.2) is 15.0 Å². The average Bonchev–Trinajstić information content (AvgIpc) is 3.62. The molecule has 0 saturated heterocycles. The van der Waals surface area contributed by atoms with Crippen LogP contribution in [0, 0.1) is 0 Å². The predicted molar refractivity (Wildman–Crippen MR) is 221 cm³/mol. The van der Waals surface area contributed by atoms with Crippen LogP contribution < -0.4 is 4.90 Å². The van der Waals surface area contributed by atoms with Crippen molar-refractivity contribution < 1.29 is 4.42 Å². The number of nitrogens with zero attached hydrogens (tertiary/aromatic N) is 4. The predicted octanol–water partition coefficient (Wildman–Crippen LogP) is 12.9. The molecule has 0 unspecified atom stereocenters. The lowest BCUT2D eigenvalue weighted by Crippen LogP contribution is -2.12. The fourth-order valence-electron chi connectivity index (χ4n) is 7.94. The van der Waals surface area contributed by atoms with Crippen LogP contribution in [0.1, 0.15) is 5.56 Å². The van der Waals surface area contributed by atoms with E-state index in [2.05, 4.69) is 120 Å². The average molecular weight is 691 g/mol. The Kier molecular flexibility index (Phi) is 6.79. The van der Waals surface area contributed by atoms with E-state index < -0.39 is 0 Å². The van der Waals surface area contributed by atoms with Crippen molar-refractivity contribution in [2.45, 2.75) is 0 Å². The van der Waals surface area contributed by atoms with E-state index in [0.29, 0.717) is 17.5 Å². The normalized spacial score (nSPS) is 12.3. The van der Waals surface area contributed by atoms with Crippen LogP contribution in [0.2, 0.25) is 0 Å². The van der Waals surface area contributed by atoms with E-state index in [4.69, 9.17) is 19.4 Å². The molecule has 2 aromatic heterocycles. The van der Waals surface area contributed by atoms with Gasteiger partial charge in [-0.1, -0.05) is 140 Å². The summed E-state index contributed by atoms with van der Waals surface area (Å²) in [6, 6.07) is 58.9. The molecular weight excluding hydrogens is 661 g/mol. The first-order valence-electron chi connectivity index (χ1n) is 18.1. The van der Waals surface area contributed by atoms with Crippen molar-refractivity contribution in [1.29, 1.82) is 0 Å². The topological polar surface area (TPSA) is 55.1 Å². The Labute approximate surface area is 311 Å². The minimum Gasteiger partial charge on any atom is -0.454 e. The lowest BCUT2D eigenvalue weighted by Gasteiger charge is -2.26. The molecule has 10 aromatic rings. The molecule has 0 radical (unpaired) electrons. The van der Waals surface area contributed by atoms with Gasteiger partial charge in [-0.25, -0.2) is 15.0 Å². The van der Waals surface area contributed by atoms with Crippen molar-refractivity contribution >= 4 is 60.9 Å². The fourth-order valence-corrected chi connectivity index (χ4v) is 7.94. The summed E-state index contributed by atoms with van der Waals surface area (Å²) >= 11 is 0. The van der Waals surface area contributed by atoms with Gasteiger partial charge in [0.1, 0.15) is 5.58 Å². The third-order valence-corrected chi connectivity index (χ3v) is 10.5. The number of furan rings is 1. The minimum absolute atomic E-state index is 0.635. The number of hydrogen-bond donors (Lipinski definition) is 0. The number of aromatic nitrogens is 3. The molecule has 0 spiro atoms. The summed E-state index contributed by atoms with van der Waals surface area (Å²) in [6.45, 7) is 0. The maximum Gasteiger partial charge on any atom is 0.164 e. The van der Waals surface area contributed by atoms with Crippen LogP contribution >= 0.6 is 0 Å². The molecule has 1 aliphatic heterocycles. The second-order valence-electron chi connectivity index (χ2n) is 13.6. The van der Waals surface area contributed by atoms with E-state index in [0.717, 1.165) is 71.9 Å². The number of para-hydroxylation sites is 1. The van der Waals surface area contributed by atoms with Crippen LogP contribution in [0.3, 0.4) is 0 Å². The van der Waals surface area contributed by atoms with Gasteiger partial charge in [-0.2, -0.15) is 0 Å². The lowest BCUT2D eigenvalue weighted by molar-refractivity contribution is 0.669. The second kappa shape index (κ2) is 12.1. The van der Waals surface area contributed by atoms with Crippen LogP contribution in [0.15, 0.2) is 180 Å². The number of rotatable bonds is 5. The zero-order chi connectivity index (χ0) is 35.6. The summed E-state index contributed by atoms with van der Waals surface area (Å²) < 4.78 is 6.90. The molecule has 11 rings (SSSR count). The molecule has 0 aliphatic carbocycles. The van der Waals surface area contributed by atoms with E-state index in [1.807, 2.05) is 66.7 Å². The van der Waals surface area contributed by atoms with Gasteiger partial charge in [0.05, 0.1) is 5.69 Å². The molecule has 0 N–H and O–H groups in total. The Morgan fingerprint density at radius 3 is 1.80 bits per heavy atom. The zero-order valence-corrected chi connectivity index (χ0v) is 29.0. The fraction of sp³-hybridized carbons (Fsp3) is 0. The molecule has 5 heteroatoms. The third kappa shape index (κ3) is 4.83. The van der Waals surface area contributed by atoms with E-state index in [1.165, 1.54) is 16.3 Å². The van der Waals surface area contributed by atoms with Crippen LogP contribution in [-0.2, 0) is 0 Å². The highest BCUT2D eigenvalue weighted by Gasteiger charge is 2.24. The van der Waals surface area contributed by atoms with Crippen LogP contribution in [0.4, 0.5) is 11.4 Å². The van der Waals surface area contributed by atoms with Crippen molar-refractivity contribution in [3.63, 3.8) is 0 Å². The molecule has 1 aliphatic rings. The molecule has 0 bridgehead atoms. The Hall–Kier alpha value is -7.37. The number of hydrogen-bond acceptors (Lipinski definition) is 5. The monoisotopic (exact) mass is 690 g/mol. The number of fused-ring (bicyclic) bond motifs is 5. The molecule has 54 heavy (non-hydrogen) atoms. The first kappa shape index (κ1) is 30.3. The van der Waals surface area contributed by atoms with E-state index in [-0.39, 0.29) is 0 Å². The zero-order valence-electron chi connectivity index (χ0n) is 29.0. The van der Waals surface area contributed by atoms with Gasteiger partial charge in [-0.05, 0) is 69.3 Å². The standard InChI is InChI=1S/C49H30N4O/c1-4-13-32(14-5-1)47-50-48(33-15-6-2-7-16-33)52-49(51-47)41-24-12-22-38-37(21-11-23-39(38)41)34-25-26-40-42-29-35-18-10-17-31-27-28-53(36-19-8-3-9-20-36)45(44(31)35)46(42)54-43(40)30-34/h1-30H. The quantitative estimate of drug-likeness (QED) is 0.180. The number of benzene rings is 8. The summed E-state index contributed by atoms with van der Waals surface area (Å²) in [5, 5.41) is 6.76. The molecule has 3 heterocycles. The summed E-state index contributed by atoms with van der Waals surface area (Å²) in [6.07, 6.45) is 4.34. The molecule has 0 atom stereocenters. The maximum atomic E-state index is 6.90. The Morgan fingerprint density at radius 1 is 0.444 bits per heavy atom. The molecule has 252 valence electrons. The Bertz CT molecular complexity index is 3040. The molecule has 0 saturated carbocycles. The van der Waals surface area contributed by atoms with Crippen molar-refractivity contribution in [1.82, 2.24) is 15.0 Å². The second-order valence-corrected chi connectivity index (χ2v) is 13.6. The van der Waals surface area contributed by atoms with E-state index >= 15 is 0 Å². The molecule has 0 amide bonds. The van der Waals surface area contributed by atoms with Crippen molar-refractivity contribution in [2.75, 3.05) is 4.90 Å². The highest BCUT2D eigenvalue weighted by atomic mass is 16.3. The van der Waals surface area contributed by atoms with Crippen LogP contribution in [0.5, 0.6) is 0 Å². The smallest absolute Gasteiger partial charge is 0.164 e. The molecule has 0 fully saturated rings. The van der Waals surface area contributed by atoms with Gasteiger partial charge in [0.2, 0.25) is 0 Å². The first-order chi connectivity index (χ1) is 26.8. The SMILES string of the molecule is C1=CN(c2ccccc2)c2c3oc4cc(-c5cccc6c(-c7nc(-c8ccccc8)nc(-c8ccccc8)n7)cccc56)ccc4c3cc3cccc1c23. The van der Waals surface area contributed by atoms with Crippen molar-refractivity contribution in [3.05, 3.63) is 182 Å². The summed E-state index contributed by atoms with van der Waals surface area (Å²) in [4.78, 5) is 17.3. The van der Waals surface area contributed by atoms with Gasteiger partial charge >= 0.3 is 0 Å². The highest BCUT2D eigenvalue weighted by Crippen LogP contribution is 2.47. The van der Waals surface area contributed by atoms with Gasteiger partial charge in [0.15, 0.2) is 23.1 Å². The largest absolute Gasteiger partial charge is 0.454 e. The highest BCUT2D eigenvalue weighted by molar-refractivity contribution is 6.21. The lowest BCUT2D eigenvalue weighted by atomic mass is 9.94. The van der Waals surface area contributed by atoms with Gasteiger partial charge in [-0.15, -0.1) is 0 Å². The van der Waals surface area contributed by atoms with Gasteiger partial charge < -0.3 is 9.32 Å². The summed E-state index contributed by atoms with van der Waals surface area (Å²) in [5.74, 6) is 1.92. The minimum atomic E-state index is 0.635. The van der Waals surface area contributed by atoms with Crippen molar-refractivity contribution in [2.24, 2.45) is 0 Å². The molecule has 8 aromatic carbocycles. The number of anilines is 2. The Balaban J connectivity index is 1.08. The van der Waals surface area contributed by atoms with Crippen molar-refractivity contribution in [3.8, 4) is 45.3 Å². The maximum absolute atomic E-state index is 6.90. The molecule has 5 nitrogen and oxygen atoms in total. The summed E-state index contributed by atoms with van der Waals surface area (Å²) in [7, 11) is 0. The summed E-state index contributed by atoms with van der Waals surface area (Å²) in [5.41, 5.74) is 10.1. The molecular formula is C49H30N4O. The van der Waals surface area contributed by atoms with Gasteiger partial charge in [-0.3, -0.25) is 0 Å². The van der Waals surface area contributed by atoms with Gasteiger partial charge in [0.25, 0.3) is 0 Å².